The van der Waals surface area contributed by atoms with Gasteiger partial charge in [0.05, 0.1) is 17.7 Å². The van der Waals surface area contributed by atoms with Crippen LogP contribution in [0.4, 0.5) is 0 Å². The zero-order valence-electron chi connectivity index (χ0n) is 9.67. The normalized spacial score (nSPS) is 12.6. The molecule has 6 heteroatoms. The van der Waals surface area contributed by atoms with Crippen molar-refractivity contribution >= 4 is 11.6 Å². The van der Waals surface area contributed by atoms with E-state index in [1.807, 2.05) is 31.2 Å². The first kappa shape index (κ1) is 12.0. The topological polar surface area (TPSA) is 52.8 Å². The molecule has 5 nitrogen and oxygen atoms in total. The van der Waals surface area contributed by atoms with E-state index in [0.29, 0.717) is 12.4 Å². The minimum Gasteiger partial charge on any atom is -0.380 e. The van der Waals surface area contributed by atoms with Gasteiger partial charge in [0.1, 0.15) is 0 Å². The zero-order valence-corrected chi connectivity index (χ0v) is 10.4. The smallest absolute Gasteiger partial charge is 0.174 e. The van der Waals surface area contributed by atoms with E-state index in [1.165, 1.54) is 0 Å². The molecule has 0 N–H and O–H groups in total. The van der Waals surface area contributed by atoms with Crippen molar-refractivity contribution in [2.75, 3.05) is 7.11 Å². The van der Waals surface area contributed by atoms with Crippen LogP contribution < -0.4 is 0 Å². The third-order valence-corrected chi connectivity index (χ3v) is 2.51. The van der Waals surface area contributed by atoms with Crippen LogP contribution >= 0.6 is 11.6 Å². The van der Waals surface area contributed by atoms with Crippen molar-refractivity contribution in [1.29, 1.82) is 0 Å². The van der Waals surface area contributed by atoms with Gasteiger partial charge in [-0.3, -0.25) is 0 Å². The molecule has 1 aromatic heterocycles. The van der Waals surface area contributed by atoms with Crippen LogP contribution in [0.1, 0.15) is 23.7 Å². The number of aromatic nitrogens is 4. The molecule has 0 bridgehead atoms. The second kappa shape index (κ2) is 5.25. The van der Waals surface area contributed by atoms with Gasteiger partial charge in [0.2, 0.25) is 0 Å². The SMILES string of the molecule is COCc1cccc(-n2nnnc2C(C)Cl)c1. The van der Waals surface area contributed by atoms with Gasteiger partial charge in [0, 0.05) is 7.11 Å². The third kappa shape index (κ3) is 2.62. The quantitative estimate of drug-likeness (QED) is 0.782. The maximum atomic E-state index is 6.01. The van der Waals surface area contributed by atoms with E-state index in [-0.39, 0.29) is 5.38 Å². The summed E-state index contributed by atoms with van der Waals surface area (Å²) in [5, 5.41) is 11.2. The molecular weight excluding hydrogens is 240 g/mol. The molecule has 2 aromatic rings. The zero-order chi connectivity index (χ0) is 12.3. The molecule has 1 atom stereocenters. The van der Waals surface area contributed by atoms with Gasteiger partial charge in [-0.05, 0) is 35.0 Å². The number of benzene rings is 1. The molecule has 0 aliphatic rings. The van der Waals surface area contributed by atoms with Gasteiger partial charge >= 0.3 is 0 Å². The van der Waals surface area contributed by atoms with Crippen LogP contribution in [0.2, 0.25) is 0 Å². The summed E-state index contributed by atoms with van der Waals surface area (Å²) in [6, 6.07) is 7.83. The van der Waals surface area contributed by atoms with Crippen molar-refractivity contribution in [2.24, 2.45) is 0 Å². The molecule has 0 fully saturated rings. The molecule has 0 radical (unpaired) electrons. The highest BCUT2D eigenvalue weighted by Gasteiger charge is 2.13. The summed E-state index contributed by atoms with van der Waals surface area (Å²) in [4.78, 5) is 0. The number of halogens is 1. The summed E-state index contributed by atoms with van der Waals surface area (Å²) in [7, 11) is 1.66. The fourth-order valence-corrected chi connectivity index (χ4v) is 1.71. The van der Waals surface area contributed by atoms with Crippen LogP contribution in [0.25, 0.3) is 5.69 Å². The third-order valence-electron chi connectivity index (χ3n) is 2.32. The number of methoxy groups -OCH3 is 1. The Hall–Kier alpha value is -1.46. The van der Waals surface area contributed by atoms with Crippen LogP contribution in [0.3, 0.4) is 0 Å². The number of rotatable bonds is 4. The van der Waals surface area contributed by atoms with E-state index in [4.69, 9.17) is 16.3 Å². The van der Waals surface area contributed by atoms with Crippen molar-refractivity contribution in [1.82, 2.24) is 20.2 Å². The molecule has 0 saturated carbocycles. The second-order valence-electron chi connectivity index (χ2n) is 3.67. The van der Waals surface area contributed by atoms with Crippen molar-refractivity contribution in [3.8, 4) is 5.69 Å². The van der Waals surface area contributed by atoms with E-state index in [9.17, 15) is 0 Å². The molecule has 0 aliphatic carbocycles. The Bertz CT molecular complexity index is 498. The second-order valence-corrected chi connectivity index (χ2v) is 4.32. The first-order valence-corrected chi connectivity index (χ1v) is 5.66. The number of hydrogen-bond donors (Lipinski definition) is 0. The van der Waals surface area contributed by atoms with Gasteiger partial charge in [0.15, 0.2) is 5.82 Å². The van der Waals surface area contributed by atoms with E-state index in [1.54, 1.807) is 11.8 Å². The molecule has 17 heavy (non-hydrogen) atoms. The van der Waals surface area contributed by atoms with Gasteiger partial charge in [-0.1, -0.05) is 12.1 Å². The van der Waals surface area contributed by atoms with Crippen LogP contribution in [0, 0.1) is 0 Å². The first-order chi connectivity index (χ1) is 8.22. The molecule has 0 amide bonds. The molecule has 0 saturated heterocycles. The molecule has 1 heterocycles. The van der Waals surface area contributed by atoms with Crippen molar-refractivity contribution in [2.45, 2.75) is 18.9 Å². The Balaban J connectivity index is 2.38. The summed E-state index contributed by atoms with van der Waals surface area (Å²) >= 11 is 6.01. The molecule has 1 aromatic carbocycles. The number of alkyl halides is 1. The maximum absolute atomic E-state index is 6.01. The highest BCUT2D eigenvalue weighted by atomic mass is 35.5. The largest absolute Gasteiger partial charge is 0.380 e. The Labute approximate surface area is 104 Å². The lowest BCUT2D eigenvalue weighted by Crippen LogP contribution is -2.04. The lowest BCUT2D eigenvalue weighted by Gasteiger charge is -2.07. The van der Waals surface area contributed by atoms with Crippen LogP contribution in [0.15, 0.2) is 24.3 Å². The Kier molecular flexibility index (Phi) is 3.71. The standard InChI is InChI=1S/C11H13ClN4O/c1-8(12)11-13-14-15-16(11)10-5-3-4-9(6-10)7-17-2/h3-6,8H,7H2,1-2H3. The molecule has 1 unspecified atom stereocenters. The summed E-state index contributed by atoms with van der Waals surface area (Å²) < 4.78 is 6.73. The number of tetrazole rings is 1. The average Bonchev–Trinajstić information content (AvgIpc) is 2.79. The Morgan fingerprint density at radius 3 is 3.00 bits per heavy atom. The van der Waals surface area contributed by atoms with Gasteiger partial charge in [0.25, 0.3) is 0 Å². The van der Waals surface area contributed by atoms with E-state index < -0.39 is 0 Å². The minimum atomic E-state index is -0.240. The van der Waals surface area contributed by atoms with E-state index >= 15 is 0 Å². The van der Waals surface area contributed by atoms with Gasteiger partial charge < -0.3 is 4.74 Å². The summed E-state index contributed by atoms with van der Waals surface area (Å²) in [6.45, 7) is 2.39. The average molecular weight is 253 g/mol. The minimum absolute atomic E-state index is 0.240. The summed E-state index contributed by atoms with van der Waals surface area (Å²) in [6.07, 6.45) is 0. The predicted molar refractivity (Wildman–Crippen MR) is 64.1 cm³/mol. The van der Waals surface area contributed by atoms with Gasteiger partial charge in [-0.2, -0.15) is 4.68 Å². The highest BCUT2D eigenvalue weighted by Crippen LogP contribution is 2.19. The van der Waals surface area contributed by atoms with E-state index in [0.717, 1.165) is 11.3 Å². The lowest BCUT2D eigenvalue weighted by molar-refractivity contribution is 0.185. The van der Waals surface area contributed by atoms with Gasteiger partial charge in [-0.25, -0.2) is 0 Å². The predicted octanol–water partition coefficient (Wildman–Crippen LogP) is 2.11. The fraction of sp³-hybridized carbons (Fsp3) is 0.364. The van der Waals surface area contributed by atoms with Crippen LogP contribution in [-0.2, 0) is 11.3 Å². The number of nitrogens with zero attached hydrogens (tertiary/aromatic N) is 4. The first-order valence-electron chi connectivity index (χ1n) is 5.23. The lowest BCUT2D eigenvalue weighted by atomic mass is 10.2. The highest BCUT2D eigenvalue weighted by molar-refractivity contribution is 6.20. The van der Waals surface area contributed by atoms with E-state index in [2.05, 4.69) is 15.5 Å². The van der Waals surface area contributed by atoms with Gasteiger partial charge in [-0.15, -0.1) is 16.7 Å². The molecule has 90 valence electrons. The molecular formula is C11H13ClN4O. The van der Waals surface area contributed by atoms with Crippen molar-refractivity contribution in [3.63, 3.8) is 0 Å². The van der Waals surface area contributed by atoms with Crippen LogP contribution in [-0.4, -0.2) is 27.3 Å². The molecule has 0 aliphatic heterocycles. The molecule has 0 spiro atoms. The Morgan fingerprint density at radius 1 is 1.47 bits per heavy atom. The summed E-state index contributed by atoms with van der Waals surface area (Å²) in [5.41, 5.74) is 1.95. The van der Waals surface area contributed by atoms with Crippen molar-refractivity contribution in [3.05, 3.63) is 35.7 Å². The summed E-state index contributed by atoms with van der Waals surface area (Å²) in [5.74, 6) is 0.626. The van der Waals surface area contributed by atoms with Crippen LogP contribution in [0.5, 0.6) is 0 Å². The Morgan fingerprint density at radius 2 is 2.29 bits per heavy atom. The number of hydrogen-bond acceptors (Lipinski definition) is 4. The fourth-order valence-electron chi connectivity index (χ4n) is 1.57. The molecule has 2 rings (SSSR count). The number of ether oxygens (including phenoxy) is 1. The maximum Gasteiger partial charge on any atom is 0.174 e. The monoisotopic (exact) mass is 252 g/mol. The van der Waals surface area contributed by atoms with Crippen molar-refractivity contribution < 1.29 is 4.74 Å².